The van der Waals surface area contributed by atoms with Gasteiger partial charge in [0.2, 0.25) is 0 Å². The van der Waals surface area contributed by atoms with Gasteiger partial charge in [0.25, 0.3) is 0 Å². The quantitative estimate of drug-likeness (QED) is 0.475. The molecule has 0 bridgehead atoms. The molecule has 0 aromatic heterocycles. The molecule has 0 saturated heterocycles. The van der Waals surface area contributed by atoms with Crippen LogP contribution in [0.4, 0.5) is 4.79 Å². The molecular weight excluding hydrogens is 285 g/mol. The molecule has 0 radical (unpaired) electrons. The number of nitrogens with one attached hydrogen (secondary N) is 1. The zero-order valence-electron chi connectivity index (χ0n) is 12.5. The fraction of sp³-hybridized carbons (Fsp3) is 0.833. The van der Waals surface area contributed by atoms with Crippen LogP contribution in [-0.4, -0.2) is 42.9 Å². The Labute approximate surface area is 119 Å². The van der Waals surface area contributed by atoms with Crippen LogP contribution in [0.2, 0.25) is 0 Å². The number of unbranched alkanes of at least 4 members (excludes halogenated alkanes) is 1. The number of rotatable bonds is 10. The van der Waals surface area contributed by atoms with E-state index in [1.807, 2.05) is 0 Å². The summed E-state index contributed by atoms with van der Waals surface area (Å²) in [6.45, 7) is 3.57. The summed E-state index contributed by atoms with van der Waals surface area (Å²) in [7, 11) is -0.782. The molecule has 20 heavy (non-hydrogen) atoms. The minimum absolute atomic E-state index is 0.180. The molecule has 0 aromatic rings. The Balaban J connectivity index is 3.99. The average Bonchev–Trinajstić information content (AvgIpc) is 2.33. The van der Waals surface area contributed by atoms with Crippen LogP contribution in [0.5, 0.6) is 0 Å². The maximum absolute atomic E-state index is 11.7. The van der Waals surface area contributed by atoms with Crippen LogP contribution < -0.4 is 5.32 Å². The first kappa shape index (κ1) is 19.1. The van der Waals surface area contributed by atoms with E-state index in [2.05, 4.69) is 5.32 Å². The van der Waals surface area contributed by atoms with Crippen molar-refractivity contribution in [3.8, 4) is 0 Å². The topological polar surface area (TPSA) is 102 Å². The van der Waals surface area contributed by atoms with Crippen molar-refractivity contribution in [3.05, 3.63) is 0 Å². The summed E-state index contributed by atoms with van der Waals surface area (Å²) in [6, 6.07) is 0. The van der Waals surface area contributed by atoms with Gasteiger partial charge in [0.1, 0.15) is 11.9 Å². The summed E-state index contributed by atoms with van der Waals surface area (Å²) >= 11 is 0. The number of Topliss-reactive ketones (excluding diaryl/α,β-unsaturated/α-hetero) is 1. The SMILES string of the molecule is COP(=O)(CC(=O)CCCCC(C)(C)NC(=O)O)OC. The standard InChI is InChI=1S/C12H24NO6P/c1-12(2,13-11(15)16)8-6-5-7-10(14)9-20(17,18-3)19-4/h13H,5-9H2,1-4H3,(H,15,16). The summed E-state index contributed by atoms with van der Waals surface area (Å²) in [5, 5.41) is 11.1. The molecule has 0 rings (SSSR count). The zero-order chi connectivity index (χ0) is 15.8. The van der Waals surface area contributed by atoms with Gasteiger partial charge in [0.05, 0.1) is 0 Å². The highest BCUT2D eigenvalue weighted by Gasteiger charge is 2.25. The van der Waals surface area contributed by atoms with Gasteiger partial charge in [-0.25, -0.2) is 4.79 Å². The molecule has 0 spiro atoms. The molecule has 0 aliphatic heterocycles. The number of carbonyl (C=O) groups is 2. The van der Waals surface area contributed by atoms with Crippen molar-refractivity contribution in [2.75, 3.05) is 20.4 Å². The Morgan fingerprint density at radius 1 is 1.20 bits per heavy atom. The second-order valence-electron chi connectivity index (χ2n) is 5.19. The van der Waals surface area contributed by atoms with Gasteiger partial charge in [-0.2, -0.15) is 0 Å². The van der Waals surface area contributed by atoms with Gasteiger partial charge in [-0.15, -0.1) is 0 Å². The smallest absolute Gasteiger partial charge is 0.405 e. The van der Waals surface area contributed by atoms with Crippen LogP contribution >= 0.6 is 7.60 Å². The van der Waals surface area contributed by atoms with Gasteiger partial charge in [0.15, 0.2) is 0 Å². The van der Waals surface area contributed by atoms with Gasteiger partial charge in [-0.1, -0.05) is 6.42 Å². The Bertz CT molecular complexity index is 374. The number of ketones is 1. The van der Waals surface area contributed by atoms with E-state index < -0.39 is 19.2 Å². The first-order valence-corrected chi connectivity index (χ1v) is 8.10. The van der Waals surface area contributed by atoms with Crippen molar-refractivity contribution < 1.29 is 28.3 Å². The van der Waals surface area contributed by atoms with E-state index in [4.69, 9.17) is 14.2 Å². The van der Waals surface area contributed by atoms with Crippen LogP contribution in [0.15, 0.2) is 0 Å². The number of hydrogen-bond acceptors (Lipinski definition) is 5. The van der Waals surface area contributed by atoms with E-state index in [1.165, 1.54) is 14.2 Å². The van der Waals surface area contributed by atoms with Crippen LogP contribution in [-0.2, 0) is 18.4 Å². The van der Waals surface area contributed by atoms with E-state index >= 15 is 0 Å². The fourth-order valence-corrected chi connectivity index (χ4v) is 2.74. The van der Waals surface area contributed by atoms with E-state index in [1.54, 1.807) is 13.8 Å². The molecule has 7 nitrogen and oxygen atoms in total. The summed E-state index contributed by atoms with van der Waals surface area (Å²) in [5.74, 6) is -0.180. The normalized spacial score (nSPS) is 12.2. The molecule has 0 aliphatic carbocycles. The van der Waals surface area contributed by atoms with Crippen molar-refractivity contribution in [1.29, 1.82) is 0 Å². The van der Waals surface area contributed by atoms with Crippen LogP contribution in [0.1, 0.15) is 39.5 Å². The Morgan fingerprint density at radius 3 is 2.20 bits per heavy atom. The third-order valence-corrected chi connectivity index (χ3v) is 4.73. The molecule has 0 aliphatic rings. The fourth-order valence-electron chi connectivity index (χ4n) is 1.74. The molecule has 2 N–H and O–H groups in total. The summed E-state index contributed by atoms with van der Waals surface area (Å²) in [5.41, 5.74) is -0.525. The highest BCUT2D eigenvalue weighted by Crippen LogP contribution is 2.46. The number of carboxylic acid groups (broad SMARTS) is 1. The molecule has 118 valence electrons. The lowest BCUT2D eigenvalue weighted by Crippen LogP contribution is -2.42. The largest absolute Gasteiger partial charge is 0.465 e. The summed E-state index contributed by atoms with van der Waals surface area (Å²) in [4.78, 5) is 22.2. The zero-order valence-corrected chi connectivity index (χ0v) is 13.4. The Kier molecular flexibility index (Phi) is 8.01. The van der Waals surface area contributed by atoms with Crippen LogP contribution in [0.25, 0.3) is 0 Å². The predicted octanol–water partition coefficient (Wildman–Crippen LogP) is 2.65. The summed E-state index contributed by atoms with van der Waals surface area (Å²) < 4.78 is 21.1. The van der Waals surface area contributed by atoms with Crippen molar-refractivity contribution in [1.82, 2.24) is 5.32 Å². The number of carbonyl (C=O) groups excluding carboxylic acids is 1. The van der Waals surface area contributed by atoms with Crippen LogP contribution in [0, 0.1) is 0 Å². The lowest BCUT2D eigenvalue weighted by molar-refractivity contribution is -0.117. The first-order valence-electron chi connectivity index (χ1n) is 6.37. The average molecular weight is 309 g/mol. The molecule has 0 unspecified atom stereocenters. The Hall–Kier alpha value is -0.910. The van der Waals surface area contributed by atoms with E-state index in [-0.39, 0.29) is 18.4 Å². The van der Waals surface area contributed by atoms with E-state index in [0.29, 0.717) is 19.3 Å². The monoisotopic (exact) mass is 309 g/mol. The molecule has 0 heterocycles. The molecule has 0 atom stereocenters. The lowest BCUT2D eigenvalue weighted by Gasteiger charge is -2.24. The molecule has 0 aromatic carbocycles. The van der Waals surface area contributed by atoms with Crippen molar-refractivity contribution in [2.45, 2.75) is 45.1 Å². The van der Waals surface area contributed by atoms with Crippen LogP contribution in [0.3, 0.4) is 0 Å². The number of hydrogen-bond donors (Lipinski definition) is 2. The third-order valence-electron chi connectivity index (χ3n) is 2.88. The van der Waals surface area contributed by atoms with Gasteiger partial charge in [-0.3, -0.25) is 9.36 Å². The van der Waals surface area contributed by atoms with E-state index in [9.17, 15) is 14.2 Å². The predicted molar refractivity (Wildman–Crippen MR) is 75.2 cm³/mol. The van der Waals surface area contributed by atoms with Gasteiger partial charge < -0.3 is 19.5 Å². The number of amides is 1. The highest BCUT2D eigenvalue weighted by atomic mass is 31.2. The lowest BCUT2D eigenvalue weighted by atomic mass is 9.96. The van der Waals surface area contributed by atoms with Gasteiger partial charge in [-0.05, 0) is 26.7 Å². The molecule has 1 amide bonds. The minimum atomic E-state index is -3.28. The first-order chi connectivity index (χ1) is 9.14. The van der Waals surface area contributed by atoms with Gasteiger partial charge in [0, 0.05) is 26.2 Å². The van der Waals surface area contributed by atoms with Crippen molar-refractivity contribution in [3.63, 3.8) is 0 Å². The highest BCUT2D eigenvalue weighted by molar-refractivity contribution is 7.54. The maximum atomic E-state index is 11.7. The molecule has 0 fully saturated rings. The molecule has 8 heteroatoms. The Morgan fingerprint density at radius 2 is 1.75 bits per heavy atom. The molecule has 0 saturated carbocycles. The van der Waals surface area contributed by atoms with E-state index in [0.717, 1.165) is 0 Å². The molecular formula is C12H24NO6P. The third kappa shape index (κ3) is 8.30. The van der Waals surface area contributed by atoms with Gasteiger partial charge >= 0.3 is 13.7 Å². The van der Waals surface area contributed by atoms with Crippen molar-refractivity contribution in [2.24, 2.45) is 0 Å². The second-order valence-corrected chi connectivity index (χ2v) is 7.46. The van der Waals surface area contributed by atoms with Crippen molar-refractivity contribution >= 4 is 19.5 Å². The minimum Gasteiger partial charge on any atom is -0.465 e. The second kappa shape index (κ2) is 8.39. The maximum Gasteiger partial charge on any atom is 0.405 e. The summed E-state index contributed by atoms with van der Waals surface area (Å²) in [6.07, 6.45) is 0.919.